The van der Waals surface area contributed by atoms with Crippen LogP contribution in [0, 0.1) is 28.9 Å². The molecule has 0 aliphatic carbocycles. The number of pyridine rings is 1. The predicted molar refractivity (Wildman–Crippen MR) is 149 cm³/mol. The fourth-order valence-corrected chi connectivity index (χ4v) is 5.72. The summed E-state index contributed by atoms with van der Waals surface area (Å²) in [4.78, 5) is 15.6. The van der Waals surface area contributed by atoms with E-state index < -0.39 is 11.6 Å². The lowest BCUT2D eigenvalue weighted by molar-refractivity contribution is 0.135. The first kappa shape index (κ1) is 27.6. The van der Waals surface area contributed by atoms with Crippen LogP contribution in [0.25, 0.3) is 32.2 Å². The van der Waals surface area contributed by atoms with Crippen molar-refractivity contribution in [1.29, 1.82) is 5.26 Å². The van der Waals surface area contributed by atoms with Crippen LogP contribution in [0.3, 0.4) is 0 Å². The van der Waals surface area contributed by atoms with Gasteiger partial charge in [-0.2, -0.15) is 5.26 Å². The molecule has 38 heavy (non-hydrogen) atoms. The number of rotatable bonds is 2. The number of thiophene rings is 1. The van der Waals surface area contributed by atoms with E-state index in [1.54, 1.807) is 6.20 Å². The Hall–Kier alpha value is -3.42. The van der Waals surface area contributed by atoms with Crippen molar-refractivity contribution in [2.24, 2.45) is 5.92 Å². The zero-order chi connectivity index (χ0) is 27.6. The maximum Gasteiger partial charge on any atom is 0.225 e. The number of fused-ring (bicyclic) bond motifs is 4. The van der Waals surface area contributed by atoms with Gasteiger partial charge in [-0.05, 0) is 23.5 Å². The third-order valence-corrected chi connectivity index (χ3v) is 7.38. The minimum atomic E-state index is -0.730. The Labute approximate surface area is 225 Å². The zero-order valence-electron chi connectivity index (χ0n) is 22.4. The number of halogens is 2. The van der Waals surface area contributed by atoms with Gasteiger partial charge in [0.05, 0.1) is 25.0 Å². The molecule has 6 rings (SSSR count). The Morgan fingerprint density at radius 3 is 2.53 bits per heavy atom. The number of ether oxygens (including phenoxy) is 1. The topological polar surface area (TPSA) is 101 Å². The zero-order valence-corrected chi connectivity index (χ0v) is 23.2. The van der Waals surface area contributed by atoms with Crippen molar-refractivity contribution in [1.82, 2.24) is 15.0 Å². The van der Waals surface area contributed by atoms with Gasteiger partial charge in [-0.3, -0.25) is 0 Å². The third kappa shape index (κ3) is 4.65. The van der Waals surface area contributed by atoms with Gasteiger partial charge in [-0.15, -0.1) is 0 Å². The molecular formula is C28H32F2N6OS. The fraction of sp³-hybridized carbons (Fsp3) is 0.429. The second-order valence-electron chi connectivity index (χ2n) is 9.23. The molecule has 2 aliphatic heterocycles. The first-order valence-corrected chi connectivity index (χ1v) is 13.8. The summed E-state index contributed by atoms with van der Waals surface area (Å²) in [5.41, 5.74) is 7.49. The van der Waals surface area contributed by atoms with E-state index in [0.717, 1.165) is 42.6 Å². The highest BCUT2D eigenvalue weighted by molar-refractivity contribution is 7.22. The Kier molecular flexibility index (Phi) is 8.38. The minimum Gasteiger partial charge on any atom is -0.389 e. The third-order valence-electron chi connectivity index (χ3n) is 6.46. The SMILES string of the molecule is CC.CC1CCN(c2ncc3c4c(c(-c5c(F)cnc6sc(N)c(C#N)c56)c(F)c3n2)COC4)C1.CCC. The van der Waals surface area contributed by atoms with Crippen LogP contribution in [0.15, 0.2) is 12.4 Å². The van der Waals surface area contributed by atoms with E-state index >= 15 is 8.78 Å². The van der Waals surface area contributed by atoms with E-state index in [0.29, 0.717) is 27.6 Å². The monoisotopic (exact) mass is 538 g/mol. The van der Waals surface area contributed by atoms with Gasteiger partial charge >= 0.3 is 0 Å². The summed E-state index contributed by atoms with van der Waals surface area (Å²) in [6, 6.07) is 2.02. The molecule has 0 radical (unpaired) electrons. The first-order valence-electron chi connectivity index (χ1n) is 13.0. The van der Waals surface area contributed by atoms with Crippen LogP contribution in [0.5, 0.6) is 0 Å². The number of anilines is 2. The molecule has 1 saturated heterocycles. The Bertz CT molecular complexity index is 1530. The van der Waals surface area contributed by atoms with Gasteiger partial charge in [0.2, 0.25) is 5.95 Å². The van der Waals surface area contributed by atoms with Gasteiger partial charge in [-0.25, -0.2) is 23.7 Å². The molecule has 1 atom stereocenters. The van der Waals surface area contributed by atoms with Crippen molar-refractivity contribution in [3.05, 3.63) is 40.7 Å². The molecular weight excluding hydrogens is 506 g/mol. The summed E-state index contributed by atoms with van der Waals surface area (Å²) in [5.74, 6) is -0.434. The highest BCUT2D eigenvalue weighted by Crippen LogP contribution is 2.45. The van der Waals surface area contributed by atoms with E-state index in [1.165, 1.54) is 6.42 Å². The van der Waals surface area contributed by atoms with Gasteiger partial charge < -0.3 is 15.4 Å². The molecule has 4 aromatic rings. The molecule has 5 heterocycles. The maximum atomic E-state index is 16.2. The summed E-state index contributed by atoms with van der Waals surface area (Å²) in [6.07, 6.45) is 4.93. The summed E-state index contributed by atoms with van der Waals surface area (Å²) < 4.78 is 37.2. The van der Waals surface area contributed by atoms with E-state index in [2.05, 4.69) is 35.7 Å². The highest BCUT2D eigenvalue weighted by Gasteiger charge is 2.31. The largest absolute Gasteiger partial charge is 0.389 e. The highest BCUT2D eigenvalue weighted by atomic mass is 32.1. The van der Waals surface area contributed by atoms with Crippen LogP contribution < -0.4 is 10.6 Å². The second kappa shape index (κ2) is 11.5. The first-order chi connectivity index (χ1) is 18.4. The number of nitrogen functional groups attached to an aromatic ring is 1. The minimum absolute atomic E-state index is 0.0272. The maximum absolute atomic E-state index is 16.2. The number of hydrogen-bond acceptors (Lipinski definition) is 8. The van der Waals surface area contributed by atoms with Crippen LogP contribution in [0.1, 0.15) is 64.2 Å². The van der Waals surface area contributed by atoms with Gasteiger partial charge in [-0.1, -0.05) is 52.4 Å². The molecule has 0 amide bonds. The Morgan fingerprint density at radius 1 is 1.16 bits per heavy atom. The molecule has 1 aromatic carbocycles. The molecule has 2 aliphatic rings. The van der Waals surface area contributed by atoms with Crippen molar-refractivity contribution < 1.29 is 13.5 Å². The van der Waals surface area contributed by atoms with Gasteiger partial charge in [0.15, 0.2) is 5.82 Å². The lowest BCUT2D eigenvalue weighted by Gasteiger charge is -2.18. The summed E-state index contributed by atoms with van der Waals surface area (Å²) in [6.45, 7) is 12.4. The number of benzene rings is 1. The molecule has 0 spiro atoms. The van der Waals surface area contributed by atoms with Crippen molar-refractivity contribution in [2.75, 3.05) is 23.7 Å². The number of nitrogens with two attached hydrogens (primary N) is 1. The van der Waals surface area contributed by atoms with Crippen molar-refractivity contribution in [2.45, 2.75) is 60.7 Å². The standard InChI is InChI=1S/C23H18F2N6OS.C3H8.C2H6/c1-10-2-3-31(7-10)23-29-5-12-13-8-32-9-14(13)16(19(25)20(12)30-23)18-15(24)6-28-22-17(18)11(4-26)21(27)33-22;1-3-2;1-2/h5-6,10H,2-3,7-9,27H2,1H3;3H2,1-2H3;1-2H3. The number of nitriles is 1. The van der Waals surface area contributed by atoms with Gasteiger partial charge in [0.1, 0.15) is 27.2 Å². The number of aromatic nitrogens is 3. The van der Waals surface area contributed by atoms with Crippen LogP contribution >= 0.6 is 11.3 Å². The Morgan fingerprint density at radius 2 is 1.87 bits per heavy atom. The van der Waals surface area contributed by atoms with Crippen LogP contribution in [0.4, 0.5) is 19.7 Å². The predicted octanol–water partition coefficient (Wildman–Crippen LogP) is 6.96. The smallest absolute Gasteiger partial charge is 0.225 e. The van der Waals surface area contributed by atoms with Gasteiger partial charge in [0, 0.05) is 41.2 Å². The summed E-state index contributed by atoms with van der Waals surface area (Å²) in [7, 11) is 0. The normalized spacial score (nSPS) is 16.1. The molecule has 3 aromatic heterocycles. The fourth-order valence-electron chi connectivity index (χ4n) is 4.85. The molecule has 0 saturated carbocycles. The quantitative estimate of drug-likeness (QED) is 0.294. The summed E-state index contributed by atoms with van der Waals surface area (Å²) >= 11 is 1.07. The molecule has 0 bridgehead atoms. The summed E-state index contributed by atoms with van der Waals surface area (Å²) in [5, 5.41) is 10.6. The average Bonchev–Trinajstić information content (AvgIpc) is 3.65. The molecule has 1 fully saturated rings. The van der Waals surface area contributed by atoms with E-state index in [4.69, 9.17) is 10.5 Å². The molecule has 2 N–H and O–H groups in total. The van der Waals surface area contributed by atoms with E-state index in [9.17, 15) is 5.26 Å². The van der Waals surface area contributed by atoms with Crippen molar-refractivity contribution in [3.63, 3.8) is 0 Å². The van der Waals surface area contributed by atoms with Crippen LogP contribution in [-0.4, -0.2) is 28.0 Å². The lowest BCUT2D eigenvalue weighted by Crippen LogP contribution is -2.21. The lowest BCUT2D eigenvalue weighted by atomic mass is 9.91. The molecule has 1 unspecified atom stereocenters. The van der Waals surface area contributed by atoms with Gasteiger partial charge in [0.25, 0.3) is 0 Å². The van der Waals surface area contributed by atoms with Crippen molar-refractivity contribution in [3.8, 4) is 17.2 Å². The van der Waals surface area contributed by atoms with E-state index in [1.807, 2.05) is 24.8 Å². The van der Waals surface area contributed by atoms with E-state index in [-0.39, 0.29) is 45.8 Å². The molecule has 10 heteroatoms. The van der Waals surface area contributed by atoms with Crippen LogP contribution in [0.2, 0.25) is 0 Å². The number of hydrogen-bond donors (Lipinski definition) is 1. The average molecular weight is 539 g/mol. The molecule has 7 nitrogen and oxygen atoms in total. The second-order valence-corrected chi connectivity index (χ2v) is 10.3. The Balaban J connectivity index is 0.000000630. The molecule has 200 valence electrons. The van der Waals surface area contributed by atoms with Crippen molar-refractivity contribution >= 4 is 43.4 Å². The van der Waals surface area contributed by atoms with Crippen LogP contribution in [-0.2, 0) is 18.0 Å². The number of nitrogens with zero attached hydrogens (tertiary/aromatic N) is 5.